The molecule has 1 aromatic carbocycles. The molecule has 2 aliphatic carbocycles. The van der Waals surface area contributed by atoms with E-state index in [1.54, 1.807) is 4.90 Å². The van der Waals surface area contributed by atoms with E-state index in [0.29, 0.717) is 31.0 Å². The zero-order valence-corrected chi connectivity index (χ0v) is 24.1. The van der Waals surface area contributed by atoms with Gasteiger partial charge < -0.3 is 18.9 Å². The van der Waals surface area contributed by atoms with Crippen molar-refractivity contribution >= 4 is 12.1 Å². The largest absolute Gasteiger partial charge is 0.460 e. The number of rotatable bonds is 10. The maximum atomic E-state index is 13.0. The lowest BCUT2D eigenvalue weighted by molar-refractivity contribution is -0.156. The number of aromatic nitrogens is 3. The van der Waals surface area contributed by atoms with Gasteiger partial charge in [-0.2, -0.15) is 0 Å². The molecule has 1 unspecified atom stereocenters. The summed E-state index contributed by atoms with van der Waals surface area (Å²) in [5.74, 6) is 3.65. The molecule has 8 nitrogen and oxygen atoms in total. The second kappa shape index (κ2) is 11.3. The molecule has 0 N–H and O–H groups in total. The van der Waals surface area contributed by atoms with Gasteiger partial charge in [0.05, 0.1) is 6.42 Å². The van der Waals surface area contributed by atoms with Crippen molar-refractivity contribution in [1.29, 1.82) is 0 Å². The number of hydrogen-bond donors (Lipinski definition) is 0. The number of ether oxygens (including phenoxy) is 2. The molecule has 2 heterocycles. The van der Waals surface area contributed by atoms with Crippen LogP contribution in [0.4, 0.5) is 4.79 Å². The molecule has 8 heteroatoms. The van der Waals surface area contributed by atoms with Crippen LogP contribution in [0.2, 0.25) is 0 Å². The molecule has 2 aromatic rings. The van der Waals surface area contributed by atoms with E-state index in [4.69, 9.17) is 19.7 Å². The summed E-state index contributed by atoms with van der Waals surface area (Å²) in [6, 6.07) is 10.1. The summed E-state index contributed by atoms with van der Waals surface area (Å²) in [5.41, 5.74) is 0.406. The summed E-state index contributed by atoms with van der Waals surface area (Å²) in [5, 5.41) is 9.46. The Labute approximate surface area is 232 Å². The smallest absolute Gasteiger partial charge is 0.410 e. The highest BCUT2D eigenvalue weighted by Gasteiger charge is 2.45. The van der Waals surface area contributed by atoms with E-state index in [1.807, 2.05) is 51.1 Å². The number of carbonyl (C=O) groups is 2. The van der Waals surface area contributed by atoms with E-state index in [1.165, 1.54) is 19.3 Å². The highest BCUT2D eigenvalue weighted by molar-refractivity contribution is 5.71. The zero-order valence-electron chi connectivity index (χ0n) is 24.1. The molecular weight excluding hydrogens is 492 g/mol. The highest BCUT2D eigenvalue weighted by Crippen LogP contribution is 2.48. The Morgan fingerprint density at radius 1 is 1.05 bits per heavy atom. The molecule has 39 heavy (non-hydrogen) atoms. The molecule has 3 fully saturated rings. The molecule has 0 bridgehead atoms. The molecule has 1 aliphatic heterocycles. The number of hydrogen-bond acceptors (Lipinski definition) is 6. The molecule has 0 radical (unpaired) electrons. The molecule has 212 valence electrons. The van der Waals surface area contributed by atoms with Crippen molar-refractivity contribution in [2.75, 3.05) is 13.1 Å². The van der Waals surface area contributed by atoms with Gasteiger partial charge in [-0.15, -0.1) is 10.2 Å². The molecular formula is C31H44N4O4. The predicted molar refractivity (Wildman–Crippen MR) is 148 cm³/mol. The van der Waals surface area contributed by atoms with Gasteiger partial charge in [0.15, 0.2) is 0 Å². The second-order valence-corrected chi connectivity index (χ2v) is 13.3. The van der Waals surface area contributed by atoms with Crippen LogP contribution in [0.5, 0.6) is 0 Å². The van der Waals surface area contributed by atoms with Crippen LogP contribution < -0.4 is 0 Å². The van der Waals surface area contributed by atoms with Crippen LogP contribution in [0.3, 0.4) is 0 Å². The summed E-state index contributed by atoms with van der Waals surface area (Å²) in [7, 11) is 0. The normalized spacial score (nSPS) is 22.3. The zero-order chi connectivity index (χ0) is 27.7. The molecule has 1 saturated heterocycles. The Morgan fingerprint density at radius 2 is 1.74 bits per heavy atom. The number of benzene rings is 1. The fourth-order valence-electron chi connectivity index (χ4n) is 6.12. The van der Waals surface area contributed by atoms with E-state index in [-0.39, 0.29) is 36.9 Å². The first-order chi connectivity index (χ1) is 18.6. The third-order valence-electron chi connectivity index (χ3n) is 8.15. The fraction of sp³-hybridized carbons (Fsp3) is 0.677. The average molecular weight is 537 g/mol. The molecule has 0 spiro atoms. The van der Waals surface area contributed by atoms with Gasteiger partial charge in [0.2, 0.25) is 0 Å². The highest BCUT2D eigenvalue weighted by atomic mass is 16.6. The van der Waals surface area contributed by atoms with Gasteiger partial charge in [0.25, 0.3) is 0 Å². The molecule has 2 saturated carbocycles. The molecule has 1 atom stereocenters. The predicted octanol–water partition coefficient (Wildman–Crippen LogP) is 6.24. The van der Waals surface area contributed by atoms with Gasteiger partial charge in [-0.25, -0.2) is 4.79 Å². The van der Waals surface area contributed by atoms with Crippen LogP contribution in [-0.2, 0) is 20.9 Å². The summed E-state index contributed by atoms with van der Waals surface area (Å²) in [6.07, 6.45) is 5.78. The number of carbonyl (C=O) groups excluding carboxylic acids is 2. The van der Waals surface area contributed by atoms with Crippen molar-refractivity contribution in [1.82, 2.24) is 19.7 Å². The minimum atomic E-state index is -0.554. The lowest BCUT2D eigenvalue weighted by Gasteiger charge is -2.42. The third-order valence-corrected chi connectivity index (χ3v) is 8.15. The quantitative estimate of drug-likeness (QED) is 0.334. The molecule has 1 amide bonds. The van der Waals surface area contributed by atoms with Gasteiger partial charge in [-0.05, 0) is 70.3 Å². The Kier molecular flexibility index (Phi) is 8.01. The van der Waals surface area contributed by atoms with Crippen molar-refractivity contribution in [2.45, 2.75) is 103 Å². The van der Waals surface area contributed by atoms with E-state index >= 15 is 0 Å². The Balaban J connectivity index is 1.29. The lowest BCUT2D eigenvalue weighted by atomic mass is 9.71. The standard InChI is InChI=1S/C31H44N4O4/c1-20(2)13-22-14-23(15-22)28-32-33-29(35(28)25-11-12-25)26(16-27(36)39-31(3,4)5)24-17-34(18-24)30(37)38-19-21-9-7-6-8-10-21/h6-10,20,22-26H,11-19H2,1-5H3/t22-,23+,26?. The SMILES string of the molecule is CC(C)C[C@H]1C[C@@H](c2nnc(C(CC(=O)OC(C)(C)C)C3CN(C(=O)OCc4ccccc4)C3)n2C2CC2)C1. The maximum absolute atomic E-state index is 13.0. The van der Waals surface area contributed by atoms with Crippen molar-refractivity contribution in [3.8, 4) is 0 Å². The number of nitrogens with zero attached hydrogens (tertiary/aromatic N) is 4. The van der Waals surface area contributed by atoms with Crippen molar-refractivity contribution in [2.24, 2.45) is 17.8 Å². The van der Waals surface area contributed by atoms with Gasteiger partial charge in [-0.3, -0.25) is 4.79 Å². The Hall–Kier alpha value is -2.90. The van der Waals surface area contributed by atoms with Crippen LogP contribution >= 0.6 is 0 Å². The Bertz CT molecular complexity index is 1140. The first-order valence-electron chi connectivity index (χ1n) is 14.7. The Morgan fingerprint density at radius 3 is 2.36 bits per heavy atom. The summed E-state index contributed by atoms with van der Waals surface area (Å²) >= 11 is 0. The van der Waals surface area contributed by atoms with E-state index < -0.39 is 5.60 Å². The minimum absolute atomic E-state index is 0.103. The van der Waals surface area contributed by atoms with Gasteiger partial charge in [-0.1, -0.05) is 44.2 Å². The van der Waals surface area contributed by atoms with E-state index in [9.17, 15) is 9.59 Å². The van der Waals surface area contributed by atoms with Crippen LogP contribution in [0.15, 0.2) is 30.3 Å². The summed E-state index contributed by atoms with van der Waals surface area (Å²) in [4.78, 5) is 27.5. The summed E-state index contributed by atoms with van der Waals surface area (Å²) < 4.78 is 13.6. The minimum Gasteiger partial charge on any atom is -0.460 e. The number of likely N-dealkylation sites (tertiary alicyclic amines) is 1. The van der Waals surface area contributed by atoms with E-state index in [2.05, 4.69) is 18.4 Å². The van der Waals surface area contributed by atoms with E-state index in [0.717, 1.165) is 36.0 Å². The molecule has 1 aromatic heterocycles. The van der Waals surface area contributed by atoms with Gasteiger partial charge >= 0.3 is 12.1 Å². The van der Waals surface area contributed by atoms with Crippen LogP contribution in [0, 0.1) is 17.8 Å². The topological polar surface area (TPSA) is 86.6 Å². The lowest BCUT2D eigenvalue weighted by Crippen LogP contribution is -2.53. The van der Waals surface area contributed by atoms with Crippen molar-refractivity contribution < 1.29 is 19.1 Å². The van der Waals surface area contributed by atoms with Crippen LogP contribution in [0.1, 0.15) is 108 Å². The fourth-order valence-corrected chi connectivity index (χ4v) is 6.12. The third kappa shape index (κ3) is 6.82. The number of esters is 1. The number of amides is 1. The van der Waals surface area contributed by atoms with Crippen LogP contribution in [-0.4, -0.2) is 50.4 Å². The average Bonchev–Trinajstić information content (AvgIpc) is 3.56. The first kappa shape index (κ1) is 27.7. The first-order valence-corrected chi connectivity index (χ1v) is 14.7. The monoisotopic (exact) mass is 536 g/mol. The molecule has 3 aliphatic rings. The summed E-state index contributed by atoms with van der Waals surface area (Å²) in [6.45, 7) is 11.6. The van der Waals surface area contributed by atoms with Gasteiger partial charge in [0.1, 0.15) is 23.9 Å². The maximum Gasteiger partial charge on any atom is 0.410 e. The molecule has 5 rings (SSSR count). The van der Waals surface area contributed by atoms with Gasteiger partial charge in [0, 0.05) is 36.9 Å². The second-order valence-electron chi connectivity index (χ2n) is 13.3. The van der Waals surface area contributed by atoms with Crippen molar-refractivity contribution in [3.05, 3.63) is 47.5 Å². The van der Waals surface area contributed by atoms with Crippen molar-refractivity contribution in [3.63, 3.8) is 0 Å². The van der Waals surface area contributed by atoms with Crippen LogP contribution in [0.25, 0.3) is 0 Å².